The minimum Gasteiger partial charge on any atom is -0.353 e. The number of nitrogens with zero attached hydrogens (tertiary/aromatic N) is 1. The van der Waals surface area contributed by atoms with E-state index in [1.807, 2.05) is 11.8 Å². The van der Waals surface area contributed by atoms with E-state index in [9.17, 15) is 13.2 Å². The molecular weight excluding hydrogens is 286 g/mol. The van der Waals surface area contributed by atoms with Gasteiger partial charge in [0.2, 0.25) is 5.91 Å². The molecule has 19 heavy (non-hydrogen) atoms. The molecule has 0 bridgehead atoms. The summed E-state index contributed by atoms with van der Waals surface area (Å²) in [5.41, 5.74) is 5.65. The van der Waals surface area contributed by atoms with E-state index in [2.05, 4.69) is 10.2 Å². The molecule has 0 spiro atoms. The molecule has 1 aliphatic rings. The molecule has 1 aliphatic heterocycles. The molecule has 1 amide bonds. The average molecular weight is 309 g/mol. The number of nitrogens with one attached hydrogen (secondary N) is 1. The number of carbonyl (C=O) groups excluding carboxylic acids is 1. The molecular formula is C11H23N3O3S2. The monoisotopic (exact) mass is 309 g/mol. The summed E-state index contributed by atoms with van der Waals surface area (Å²) >= 11 is 1.95. The highest BCUT2D eigenvalue weighted by Gasteiger charge is 2.16. The lowest BCUT2D eigenvalue weighted by atomic mass is 10.2. The summed E-state index contributed by atoms with van der Waals surface area (Å²) in [7, 11) is -3.06. The first-order valence-electron chi connectivity index (χ1n) is 6.39. The third kappa shape index (κ3) is 7.76. The van der Waals surface area contributed by atoms with Crippen LogP contribution in [-0.4, -0.2) is 75.0 Å². The molecule has 112 valence electrons. The Hall–Kier alpha value is -0.310. The number of nitrogens with two attached hydrogens (primary N) is 1. The van der Waals surface area contributed by atoms with Crippen LogP contribution in [0.15, 0.2) is 0 Å². The number of thioether (sulfide) groups is 1. The third-order valence-electron chi connectivity index (χ3n) is 2.97. The van der Waals surface area contributed by atoms with E-state index in [-0.39, 0.29) is 18.1 Å². The van der Waals surface area contributed by atoms with Gasteiger partial charge in [-0.05, 0) is 6.42 Å². The Morgan fingerprint density at radius 1 is 1.42 bits per heavy atom. The van der Waals surface area contributed by atoms with Crippen LogP contribution in [0, 0.1) is 0 Å². The molecule has 8 heteroatoms. The molecule has 0 aliphatic carbocycles. The Kier molecular flexibility index (Phi) is 7.12. The Morgan fingerprint density at radius 3 is 2.63 bits per heavy atom. The van der Waals surface area contributed by atoms with Crippen LogP contribution in [0.4, 0.5) is 0 Å². The third-order valence-corrected chi connectivity index (χ3v) is 4.89. The largest absolute Gasteiger partial charge is 0.353 e. The Balaban J connectivity index is 2.15. The normalized spacial score (nSPS) is 19.1. The number of sulfone groups is 1. The average Bonchev–Trinajstić information content (AvgIpc) is 2.36. The van der Waals surface area contributed by atoms with Gasteiger partial charge in [-0.1, -0.05) is 0 Å². The van der Waals surface area contributed by atoms with Crippen LogP contribution in [0.3, 0.4) is 0 Å². The number of amides is 1. The summed E-state index contributed by atoms with van der Waals surface area (Å²) in [5, 5.41) is 2.76. The molecule has 0 aromatic rings. The molecule has 0 radical (unpaired) electrons. The van der Waals surface area contributed by atoms with Crippen molar-refractivity contribution in [3.63, 3.8) is 0 Å². The highest BCUT2D eigenvalue weighted by Crippen LogP contribution is 2.07. The molecule has 1 atom stereocenters. The lowest BCUT2D eigenvalue weighted by Crippen LogP contribution is -2.45. The van der Waals surface area contributed by atoms with Crippen molar-refractivity contribution in [1.82, 2.24) is 10.2 Å². The second-order valence-electron chi connectivity index (χ2n) is 4.77. The Labute approximate surface area is 119 Å². The van der Waals surface area contributed by atoms with Gasteiger partial charge in [0.15, 0.2) is 0 Å². The van der Waals surface area contributed by atoms with Crippen LogP contribution in [-0.2, 0) is 14.6 Å². The summed E-state index contributed by atoms with van der Waals surface area (Å²) in [5.74, 6) is 1.96. The van der Waals surface area contributed by atoms with Crippen molar-refractivity contribution in [2.45, 2.75) is 12.5 Å². The van der Waals surface area contributed by atoms with E-state index in [0.29, 0.717) is 6.54 Å². The molecule has 1 fully saturated rings. The summed E-state index contributed by atoms with van der Waals surface area (Å²) in [4.78, 5) is 14.0. The van der Waals surface area contributed by atoms with Crippen molar-refractivity contribution >= 4 is 27.5 Å². The first kappa shape index (κ1) is 16.7. The molecule has 6 nitrogen and oxygen atoms in total. The van der Waals surface area contributed by atoms with Crippen LogP contribution in [0.25, 0.3) is 0 Å². The molecule has 1 unspecified atom stereocenters. The molecule has 0 saturated carbocycles. The van der Waals surface area contributed by atoms with E-state index < -0.39 is 15.9 Å². The lowest BCUT2D eigenvalue weighted by Gasteiger charge is -2.26. The number of rotatable bonds is 7. The van der Waals surface area contributed by atoms with Crippen LogP contribution in [0.2, 0.25) is 0 Å². The summed E-state index contributed by atoms with van der Waals surface area (Å²) in [6, 6.07) is -0.744. The van der Waals surface area contributed by atoms with E-state index >= 15 is 0 Å². The van der Waals surface area contributed by atoms with Crippen molar-refractivity contribution in [2.24, 2.45) is 5.73 Å². The van der Waals surface area contributed by atoms with Gasteiger partial charge in [0.25, 0.3) is 0 Å². The number of hydrogen-bond acceptors (Lipinski definition) is 6. The minimum atomic E-state index is -3.06. The van der Waals surface area contributed by atoms with Crippen molar-refractivity contribution in [3.05, 3.63) is 0 Å². The molecule has 1 rings (SSSR count). The first-order valence-corrected chi connectivity index (χ1v) is 9.61. The van der Waals surface area contributed by atoms with Crippen molar-refractivity contribution in [3.8, 4) is 0 Å². The van der Waals surface area contributed by atoms with Crippen LogP contribution >= 0.6 is 11.8 Å². The predicted octanol–water partition coefficient (Wildman–Crippen LogP) is -1.09. The van der Waals surface area contributed by atoms with Gasteiger partial charge < -0.3 is 11.1 Å². The van der Waals surface area contributed by atoms with Gasteiger partial charge in [-0.25, -0.2) is 8.42 Å². The zero-order valence-electron chi connectivity index (χ0n) is 11.3. The highest BCUT2D eigenvalue weighted by molar-refractivity contribution is 7.99. The van der Waals surface area contributed by atoms with Gasteiger partial charge in [-0.3, -0.25) is 9.69 Å². The smallest absolute Gasteiger partial charge is 0.236 e. The molecule has 1 saturated heterocycles. The minimum absolute atomic E-state index is 0.0507. The van der Waals surface area contributed by atoms with E-state index in [1.54, 1.807) is 0 Å². The molecule has 0 aromatic carbocycles. The van der Waals surface area contributed by atoms with E-state index in [1.165, 1.54) is 0 Å². The molecule has 3 N–H and O–H groups in total. The maximum Gasteiger partial charge on any atom is 0.236 e. The maximum atomic E-state index is 11.6. The van der Waals surface area contributed by atoms with Crippen molar-refractivity contribution < 1.29 is 13.2 Å². The van der Waals surface area contributed by atoms with Crippen LogP contribution < -0.4 is 11.1 Å². The van der Waals surface area contributed by atoms with Gasteiger partial charge in [-0.2, -0.15) is 11.8 Å². The van der Waals surface area contributed by atoms with Gasteiger partial charge in [0.1, 0.15) is 9.84 Å². The zero-order chi connectivity index (χ0) is 14.3. The van der Waals surface area contributed by atoms with E-state index in [0.717, 1.165) is 37.4 Å². The summed E-state index contributed by atoms with van der Waals surface area (Å²) < 4.78 is 22.0. The zero-order valence-corrected chi connectivity index (χ0v) is 12.9. The molecule has 1 heterocycles. The van der Waals surface area contributed by atoms with Gasteiger partial charge in [-0.15, -0.1) is 0 Å². The second kappa shape index (κ2) is 8.08. The van der Waals surface area contributed by atoms with Crippen molar-refractivity contribution in [2.75, 3.05) is 49.7 Å². The highest BCUT2D eigenvalue weighted by atomic mass is 32.2. The Bertz CT molecular complexity index is 381. The summed E-state index contributed by atoms with van der Waals surface area (Å²) in [6.45, 7) is 3.50. The summed E-state index contributed by atoms with van der Waals surface area (Å²) in [6.07, 6.45) is 1.32. The van der Waals surface area contributed by atoms with Crippen molar-refractivity contribution in [1.29, 1.82) is 0 Å². The fraction of sp³-hybridized carbons (Fsp3) is 0.909. The van der Waals surface area contributed by atoms with Gasteiger partial charge in [0, 0.05) is 43.9 Å². The number of carbonyl (C=O) groups is 1. The maximum absolute atomic E-state index is 11.6. The topological polar surface area (TPSA) is 92.5 Å². The quantitative estimate of drug-likeness (QED) is 0.621. The predicted molar refractivity (Wildman–Crippen MR) is 79.1 cm³/mol. The SMILES string of the molecule is CS(=O)(=O)CCC(N)C(=O)NCCN1CCSCC1. The first-order chi connectivity index (χ1) is 8.88. The van der Waals surface area contributed by atoms with Crippen LogP contribution in [0.5, 0.6) is 0 Å². The fourth-order valence-corrected chi connectivity index (χ4v) is 3.43. The van der Waals surface area contributed by atoms with E-state index in [4.69, 9.17) is 5.73 Å². The standard InChI is InChI=1S/C11H23N3O3S2/c1-19(16,17)9-2-10(12)11(15)13-3-4-14-5-7-18-8-6-14/h10H,2-9,12H2,1H3,(H,13,15). The fourth-order valence-electron chi connectivity index (χ4n) is 1.77. The van der Waals surface area contributed by atoms with Gasteiger partial charge in [0.05, 0.1) is 11.8 Å². The lowest BCUT2D eigenvalue weighted by molar-refractivity contribution is -0.122. The second-order valence-corrected chi connectivity index (χ2v) is 8.25. The number of hydrogen-bond donors (Lipinski definition) is 2. The van der Waals surface area contributed by atoms with Gasteiger partial charge >= 0.3 is 0 Å². The molecule has 0 aromatic heterocycles. The van der Waals surface area contributed by atoms with Crippen LogP contribution in [0.1, 0.15) is 6.42 Å². The Morgan fingerprint density at radius 2 is 2.05 bits per heavy atom.